The van der Waals surface area contributed by atoms with Gasteiger partial charge in [-0.3, -0.25) is 15.1 Å². The molecule has 0 spiro atoms. The second-order valence-electron chi connectivity index (χ2n) is 5.86. The summed E-state index contributed by atoms with van der Waals surface area (Å²) in [6.45, 7) is 2.05. The van der Waals surface area contributed by atoms with Gasteiger partial charge in [-0.2, -0.15) is 0 Å². The lowest BCUT2D eigenvalue weighted by molar-refractivity contribution is -0.116. The predicted octanol–water partition coefficient (Wildman–Crippen LogP) is 1.80. The molecule has 0 radical (unpaired) electrons. The van der Waals surface area contributed by atoms with Gasteiger partial charge in [0.2, 0.25) is 0 Å². The predicted molar refractivity (Wildman–Crippen MR) is 99.9 cm³/mol. The molecule has 0 aromatic heterocycles. The lowest BCUT2D eigenvalue weighted by Gasteiger charge is -2.33. The minimum Gasteiger partial charge on any atom is -0.298 e. The van der Waals surface area contributed by atoms with Crippen molar-refractivity contribution in [1.29, 1.82) is 0 Å². The molecule has 2 aromatic carbocycles. The molecular formula is C19H18N4OS. The fourth-order valence-corrected chi connectivity index (χ4v) is 3.76. The topological polar surface area (TPSA) is 57.1 Å². The summed E-state index contributed by atoms with van der Waals surface area (Å²) in [5, 5.41) is 11.7. The minimum atomic E-state index is -0.150. The average molecular weight is 350 g/mol. The molecule has 2 aliphatic rings. The van der Waals surface area contributed by atoms with E-state index in [9.17, 15) is 4.79 Å². The minimum absolute atomic E-state index is 0.119. The van der Waals surface area contributed by atoms with E-state index in [1.807, 2.05) is 42.5 Å². The van der Waals surface area contributed by atoms with Crippen LogP contribution in [-0.2, 0) is 10.5 Å². The Bertz CT molecular complexity index is 955. The SMILES string of the molecule is CC[C@@H]1N=c2ccccc2=C2C(=O)NC(SCc3ccccc3)=NN21. The summed E-state index contributed by atoms with van der Waals surface area (Å²) in [5.41, 5.74) is 1.78. The van der Waals surface area contributed by atoms with Crippen molar-refractivity contribution in [2.45, 2.75) is 25.3 Å². The van der Waals surface area contributed by atoms with Crippen LogP contribution in [-0.4, -0.2) is 22.2 Å². The number of para-hydroxylation sites is 1. The molecule has 6 heteroatoms. The van der Waals surface area contributed by atoms with Crippen LogP contribution in [0.3, 0.4) is 0 Å². The van der Waals surface area contributed by atoms with Crippen LogP contribution in [0.4, 0.5) is 0 Å². The molecule has 1 atom stereocenters. The first kappa shape index (κ1) is 15.9. The van der Waals surface area contributed by atoms with Gasteiger partial charge in [0.25, 0.3) is 5.91 Å². The Morgan fingerprint density at radius 1 is 1.12 bits per heavy atom. The van der Waals surface area contributed by atoms with Crippen LogP contribution in [0.25, 0.3) is 5.70 Å². The molecule has 2 aliphatic heterocycles. The van der Waals surface area contributed by atoms with Gasteiger partial charge in [0, 0.05) is 11.0 Å². The fourth-order valence-electron chi connectivity index (χ4n) is 2.95. The van der Waals surface area contributed by atoms with Crippen molar-refractivity contribution in [2.24, 2.45) is 10.1 Å². The maximum absolute atomic E-state index is 12.7. The molecule has 1 N–H and O–H groups in total. The van der Waals surface area contributed by atoms with Gasteiger partial charge >= 0.3 is 0 Å². The van der Waals surface area contributed by atoms with Gasteiger partial charge in [-0.15, -0.1) is 5.10 Å². The third-order valence-corrected chi connectivity index (χ3v) is 5.11. The molecule has 0 fully saturated rings. The fraction of sp³-hybridized carbons (Fsp3) is 0.211. The molecule has 0 unspecified atom stereocenters. The van der Waals surface area contributed by atoms with E-state index in [0.29, 0.717) is 10.9 Å². The molecular weight excluding hydrogens is 332 g/mol. The van der Waals surface area contributed by atoms with Crippen molar-refractivity contribution < 1.29 is 4.79 Å². The van der Waals surface area contributed by atoms with Crippen LogP contribution in [0.1, 0.15) is 18.9 Å². The highest BCUT2D eigenvalue weighted by Gasteiger charge is 2.32. The highest BCUT2D eigenvalue weighted by Crippen LogP contribution is 2.23. The molecule has 2 heterocycles. The van der Waals surface area contributed by atoms with Crippen molar-refractivity contribution in [2.75, 3.05) is 0 Å². The van der Waals surface area contributed by atoms with E-state index in [4.69, 9.17) is 4.99 Å². The Balaban J connectivity index is 1.68. The number of fused-ring (bicyclic) bond motifs is 2. The molecule has 5 nitrogen and oxygen atoms in total. The largest absolute Gasteiger partial charge is 0.298 e. The van der Waals surface area contributed by atoms with Crippen LogP contribution >= 0.6 is 11.8 Å². The number of hydrogen-bond acceptors (Lipinski definition) is 5. The number of hydrazone groups is 1. The zero-order valence-corrected chi connectivity index (χ0v) is 14.7. The number of nitrogens with zero attached hydrogens (tertiary/aromatic N) is 3. The molecule has 0 saturated carbocycles. The van der Waals surface area contributed by atoms with E-state index in [1.54, 1.807) is 5.01 Å². The van der Waals surface area contributed by atoms with Crippen molar-refractivity contribution in [3.8, 4) is 0 Å². The number of carbonyl (C=O) groups excluding carboxylic acids is 1. The molecule has 1 amide bonds. The summed E-state index contributed by atoms with van der Waals surface area (Å²) in [4.78, 5) is 17.5. The monoisotopic (exact) mass is 350 g/mol. The van der Waals surface area contributed by atoms with E-state index in [-0.39, 0.29) is 12.1 Å². The van der Waals surface area contributed by atoms with Crippen molar-refractivity contribution in [3.63, 3.8) is 0 Å². The summed E-state index contributed by atoms with van der Waals surface area (Å²) in [6, 6.07) is 17.9. The second-order valence-corrected chi connectivity index (χ2v) is 6.83. The summed E-state index contributed by atoms with van der Waals surface area (Å²) in [6.07, 6.45) is 0.633. The number of hydrogen-bond donors (Lipinski definition) is 1. The van der Waals surface area contributed by atoms with Crippen LogP contribution in [0, 0.1) is 0 Å². The van der Waals surface area contributed by atoms with E-state index in [0.717, 1.165) is 22.7 Å². The number of amidine groups is 1. The lowest BCUT2D eigenvalue weighted by Crippen LogP contribution is -2.52. The van der Waals surface area contributed by atoms with Crippen molar-refractivity contribution >= 4 is 28.5 Å². The zero-order chi connectivity index (χ0) is 17.2. The number of amides is 1. The van der Waals surface area contributed by atoms with Gasteiger partial charge in [0.05, 0.1) is 5.36 Å². The molecule has 126 valence electrons. The number of benzene rings is 2. The highest BCUT2D eigenvalue weighted by atomic mass is 32.2. The maximum atomic E-state index is 12.7. The molecule has 4 rings (SSSR count). The molecule has 2 aromatic rings. The first-order chi connectivity index (χ1) is 12.3. The Labute approximate surface area is 150 Å². The molecule has 0 saturated heterocycles. The molecule has 0 bridgehead atoms. The summed E-state index contributed by atoms with van der Waals surface area (Å²) in [5.74, 6) is 0.638. The second kappa shape index (κ2) is 6.72. The standard InChI is InChI=1S/C19H18N4OS/c1-2-16-20-15-11-7-6-10-14(15)17-18(24)21-19(22-23(16)17)25-12-13-8-4-3-5-9-13/h3-11,16H,2,12H2,1H3,(H,21,22,24)/t16-/m1/s1. The van der Waals surface area contributed by atoms with E-state index >= 15 is 0 Å². The number of rotatable bonds is 3. The first-order valence-corrected chi connectivity index (χ1v) is 9.28. The zero-order valence-electron chi connectivity index (χ0n) is 13.8. The van der Waals surface area contributed by atoms with Gasteiger partial charge < -0.3 is 0 Å². The average Bonchev–Trinajstić information content (AvgIpc) is 2.66. The quantitative estimate of drug-likeness (QED) is 0.918. The maximum Gasteiger partial charge on any atom is 0.276 e. The number of nitrogens with one attached hydrogen (secondary N) is 1. The van der Waals surface area contributed by atoms with Gasteiger partial charge in [0.1, 0.15) is 11.9 Å². The lowest BCUT2D eigenvalue weighted by atomic mass is 10.1. The Kier molecular flexibility index (Phi) is 4.28. The van der Waals surface area contributed by atoms with Crippen LogP contribution < -0.4 is 15.9 Å². The smallest absolute Gasteiger partial charge is 0.276 e. The summed E-state index contributed by atoms with van der Waals surface area (Å²) < 4.78 is 0. The Morgan fingerprint density at radius 2 is 1.88 bits per heavy atom. The van der Waals surface area contributed by atoms with Gasteiger partial charge in [-0.05, 0) is 18.1 Å². The summed E-state index contributed by atoms with van der Waals surface area (Å²) in [7, 11) is 0. The van der Waals surface area contributed by atoms with Crippen molar-refractivity contribution in [1.82, 2.24) is 10.3 Å². The Hall–Kier alpha value is -2.60. The van der Waals surface area contributed by atoms with Gasteiger partial charge in [-0.1, -0.05) is 67.2 Å². The highest BCUT2D eigenvalue weighted by molar-refractivity contribution is 8.13. The third kappa shape index (κ3) is 3.05. The first-order valence-electron chi connectivity index (χ1n) is 8.29. The normalized spacial score (nSPS) is 18.7. The molecule has 25 heavy (non-hydrogen) atoms. The van der Waals surface area contributed by atoms with Gasteiger partial charge in [-0.25, -0.2) is 5.01 Å². The third-order valence-electron chi connectivity index (χ3n) is 4.18. The van der Waals surface area contributed by atoms with E-state index < -0.39 is 0 Å². The number of thioether (sulfide) groups is 1. The van der Waals surface area contributed by atoms with E-state index in [2.05, 4.69) is 29.5 Å². The Morgan fingerprint density at radius 3 is 2.68 bits per heavy atom. The van der Waals surface area contributed by atoms with Crippen LogP contribution in [0.2, 0.25) is 0 Å². The summed E-state index contributed by atoms with van der Waals surface area (Å²) >= 11 is 1.53. The number of carbonyl (C=O) groups is 1. The van der Waals surface area contributed by atoms with E-state index in [1.165, 1.54) is 17.3 Å². The van der Waals surface area contributed by atoms with Crippen LogP contribution in [0.5, 0.6) is 0 Å². The molecule has 0 aliphatic carbocycles. The van der Waals surface area contributed by atoms with Crippen molar-refractivity contribution in [3.05, 3.63) is 70.7 Å². The van der Waals surface area contributed by atoms with Crippen LogP contribution in [0.15, 0.2) is 64.7 Å². The van der Waals surface area contributed by atoms with Gasteiger partial charge in [0.15, 0.2) is 5.17 Å².